The maximum atomic E-state index is 13.0. The molecule has 0 aliphatic carbocycles. The molecule has 0 spiro atoms. The first-order valence-corrected chi connectivity index (χ1v) is 12.6. The third-order valence-corrected chi connectivity index (χ3v) is 7.53. The molecule has 168 valence electrons. The molecule has 1 atom stereocenters. The number of hydrogen-bond donors (Lipinski definition) is 1. The highest BCUT2D eigenvalue weighted by Gasteiger charge is 2.34. The van der Waals surface area contributed by atoms with E-state index in [9.17, 15) is 4.79 Å². The van der Waals surface area contributed by atoms with Gasteiger partial charge in [-0.2, -0.15) is 0 Å². The summed E-state index contributed by atoms with van der Waals surface area (Å²) in [4.78, 5) is 19.1. The molecule has 7 heteroatoms. The summed E-state index contributed by atoms with van der Waals surface area (Å²) in [6.07, 6.45) is 6.24. The van der Waals surface area contributed by atoms with Gasteiger partial charge in [0, 0.05) is 41.0 Å². The van der Waals surface area contributed by atoms with Gasteiger partial charge in [0.25, 0.3) is 5.91 Å². The standard InChI is InChI=1S/C25H31N5OS/c26-29-28-15-2-5-19-10-12-20(13-11-19)6-4-16-32-24-9-1-8-22-23(24)18-30(25(22)31)21-7-3-14-27-17-21/h1,8-13,21,27H,2-7,14-18H2. The number of aryl methyl sites for hydroxylation is 2. The molecule has 0 radical (unpaired) electrons. The largest absolute Gasteiger partial charge is 0.330 e. The van der Waals surface area contributed by atoms with E-state index in [1.165, 1.54) is 21.6 Å². The first-order chi connectivity index (χ1) is 15.8. The van der Waals surface area contributed by atoms with Crippen molar-refractivity contribution in [3.63, 3.8) is 0 Å². The van der Waals surface area contributed by atoms with Gasteiger partial charge in [-0.25, -0.2) is 0 Å². The lowest BCUT2D eigenvalue weighted by Crippen LogP contribution is -2.46. The minimum Gasteiger partial charge on any atom is -0.330 e. The second-order valence-electron chi connectivity index (χ2n) is 8.54. The molecule has 32 heavy (non-hydrogen) atoms. The van der Waals surface area contributed by atoms with Crippen molar-refractivity contribution in [1.82, 2.24) is 10.2 Å². The van der Waals surface area contributed by atoms with Crippen LogP contribution in [0, 0.1) is 0 Å². The van der Waals surface area contributed by atoms with Crippen LogP contribution in [0.3, 0.4) is 0 Å². The summed E-state index contributed by atoms with van der Waals surface area (Å²) in [7, 11) is 0. The number of nitrogens with one attached hydrogen (secondary N) is 1. The Morgan fingerprint density at radius 1 is 1.12 bits per heavy atom. The van der Waals surface area contributed by atoms with Crippen molar-refractivity contribution in [3.05, 3.63) is 75.2 Å². The third kappa shape index (κ3) is 5.66. The van der Waals surface area contributed by atoms with Gasteiger partial charge in [0.2, 0.25) is 0 Å². The second kappa shape index (κ2) is 11.4. The fourth-order valence-electron chi connectivity index (χ4n) is 4.59. The zero-order valence-electron chi connectivity index (χ0n) is 18.5. The zero-order chi connectivity index (χ0) is 22.2. The number of azide groups is 1. The Morgan fingerprint density at radius 2 is 1.91 bits per heavy atom. The molecule has 2 heterocycles. The maximum absolute atomic E-state index is 13.0. The molecular weight excluding hydrogens is 418 g/mol. The van der Waals surface area contributed by atoms with E-state index < -0.39 is 0 Å². The molecule has 1 unspecified atom stereocenters. The average molecular weight is 450 g/mol. The number of piperidine rings is 1. The van der Waals surface area contributed by atoms with Crippen LogP contribution in [0.4, 0.5) is 0 Å². The van der Waals surface area contributed by atoms with E-state index in [2.05, 4.69) is 50.6 Å². The van der Waals surface area contributed by atoms with Crippen LogP contribution < -0.4 is 5.32 Å². The summed E-state index contributed by atoms with van der Waals surface area (Å²) < 4.78 is 0. The summed E-state index contributed by atoms with van der Waals surface area (Å²) in [5, 5.41) is 7.02. The van der Waals surface area contributed by atoms with Crippen molar-refractivity contribution in [3.8, 4) is 0 Å². The summed E-state index contributed by atoms with van der Waals surface area (Å²) >= 11 is 1.88. The molecule has 1 N–H and O–H groups in total. The number of rotatable bonds is 10. The van der Waals surface area contributed by atoms with Gasteiger partial charge in [-0.15, -0.1) is 11.8 Å². The molecule has 4 rings (SSSR count). The van der Waals surface area contributed by atoms with Gasteiger partial charge in [0.15, 0.2) is 0 Å². The van der Waals surface area contributed by atoms with Crippen LogP contribution in [-0.2, 0) is 19.4 Å². The summed E-state index contributed by atoms with van der Waals surface area (Å²) in [6.45, 7) is 3.28. The van der Waals surface area contributed by atoms with Crippen LogP contribution in [-0.4, -0.2) is 42.2 Å². The van der Waals surface area contributed by atoms with Crippen molar-refractivity contribution >= 4 is 17.7 Å². The summed E-state index contributed by atoms with van der Waals surface area (Å²) in [6, 6.07) is 15.3. The topological polar surface area (TPSA) is 81.1 Å². The molecule has 1 amide bonds. The minimum absolute atomic E-state index is 0.204. The van der Waals surface area contributed by atoms with E-state index in [1.807, 2.05) is 23.9 Å². The Balaban J connectivity index is 1.26. The van der Waals surface area contributed by atoms with E-state index in [0.29, 0.717) is 12.6 Å². The molecule has 2 aromatic carbocycles. The molecule has 6 nitrogen and oxygen atoms in total. The van der Waals surface area contributed by atoms with Crippen LogP contribution in [0.2, 0.25) is 0 Å². The van der Waals surface area contributed by atoms with Crippen molar-refractivity contribution < 1.29 is 4.79 Å². The lowest BCUT2D eigenvalue weighted by Gasteiger charge is -2.31. The Kier molecular flexibility index (Phi) is 8.10. The first kappa shape index (κ1) is 22.7. The van der Waals surface area contributed by atoms with Crippen molar-refractivity contribution in [2.24, 2.45) is 5.11 Å². The number of fused-ring (bicyclic) bond motifs is 1. The zero-order valence-corrected chi connectivity index (χ0v) is 19.3. The summed E-state index contributed by atoms with van der Waals surface area (Å²) in [5.41, 5.74) is 13.1. The molecule has 0 bridgehead atoms. The Labute approximate surface area is 194 Å². The van der Waals surface area contributed by atoms with Gasteiger partial charge in [-0.3, -0.25) is 4.79 Å². The second-order valence-corrected chi connectivity index (χ2v) is 9.68. The van der Waals surface area contributed by atoms with Crippen LogP contribution >= 0.6 is 11.8 Å². The van der Waals surface area contributed by atoms with E-state index in [-0.39, 0.29) is 5.91 Å². The van der Waals surface area contributed by atoms with Crippen LogP contribution in [0.25, 0.3) is 10.4 Å². The monoisotopic (exact) mass is 449 g/mol. The average Bonchev–Trinajstić information content (AvgIpc) is 3.18. The Hall–Kier alpha value is -2.47. The number of benzene rings is 2. The lowest BCUT2D eigenvalue weighted by atomic mass is 10.0. The number of carbonyl (C=O) groups excluding carboxylic acids is 1. The fourth-order valence-corrected chi connectivity index (χ4v) is 5.62. The Bertz CT molecular complexity index is 965. The number of hydrogen-bond acceptors (Lipinski definition) is 4. The highest BCUT2D eigenvalue weighted by molar-refractivity contribution is 7.99. The third-order valence-electron chi connectivity index (χ3n) is 6.34. The number of thioether (sulfide) groups is 1. The van der Waals surface area contributed by atoms with E-state index in [1.54, 1.807) is 0 Å². The van der Waals surface area contributed by atoms with Gasteiger partial charge >= 0.3 is 0 Å². The predicted octanol–water partition coefficient (Wildman–Crippen LogP) is 5.36. The van der Waals surface area contributed by atoms with Crippen LogP contribution in [0.15, 0.2) is 52.5 Å². The predicted molar refractivity (Wildman–Crippen MR) is 130 cm³/mol. The molecule has 2 aliphatic rings. The van der Waals surface area contributed by atoms with Gasteiger partial charge in [-0.1, -0.05) is 35.4 Å². The number of nitrogens with zero attached hydrogens (tertiary/aromatic N) is 4. The molecule has 1 fully saturated rings. The molecule has 2 aromatic rings. The summed E-state index contributed by atoms with van der Waals surface area (Å²) in [5.74, 6) is 1.25. The maximum Gasteiger partial charge on any atom is 0.254 e. The first-order valence-electron chi connectivity index (χ1n) is 11.6. The van der Waals surface area contributed by atoms with Crippen LogP contribution in [0.1, 0.15) is 52.7 Å². The number of carbonyl (C=O) groups is 1. The molecular formula is C25H31N5OS. The van der Waals surface area contributed by atoms with Gasteiger partial charge < -0.3 is 10.2 Å². The molecule has 0 aromatic heterocycles. The smallest absolute Gasteiger partial charge is 0.254 e. The van der Waals surface area contributed by atoms with E-state index in [4.69, 9.17) is 5.53 Å². The number of amides is 1. The SMILES string of the molecule is [N-]=[N+]=NCCCc1ccc(CCCSc2cccc3c2CN(C2CCCNC2)C3=O)cc1. The highest BCUT2D eigenvalue weighted by Crippen LogP contribution is 2.34. The van der Waals surface area contributed by atoms with Gasteiger partial charge in [0.1, 0.15) is 0 Å². The van der Waals surface area contributed by atoms with E-state index >= 15 is 0 Å². The Morgan fingerprint density at radius 3 is 2.62 bits per heavy atom. The normalized spacial score (nSPS) is 17.8. The molecule has 0 saturated carbocycles. The van der Waals surface area contributed by atoms with Gasteiger partial charge in [-0.05, 0) is 85.2 Å². The minimum atomic E-state index is 0.204. The van der Waals surface area contributed by atoms with Crippen LogP contribution in [0.5, 0.6) is 0 Å². The van der Waals surface area contributed by atoms with Crippen molar-refractivity contribution in [2.45, 2.75) is 56.0 Å². The highest BCUT2D eigenvalue weighted by atomic mass is 32.2. The quantitative estimate of drug-likeness (QED) is 0.174. The lowest BCUT2D eigenvalue weighted by molar-refractivity contribution is 0.0674. The van der Waals surface area contributed by atoms with Gasteiger partial charge in [0.05, 0.1) is 0 Å². The van der Waals surface area contributed by atoms with Crippen molar-refractivity contribution in [1.29, 1.82) is 0 Å². The molecule has 1 saturated heterocycles. The van der Waals surface area contributed by atoms with E-state index in [0.717, 1.165) is 69.5 Å². The van der Waals surface area contributed by atoms with Crippen molar-refractivity contribution in [2.75, 3.05) is 25.4 Å². The fraction of sp³-hybridized carbons (Fsp3) is 0.480. The molecule has 2 aliphatic heterocycles.